The summed E-state index contributed by atoms with van der Waals surface area (Å²) < 4.78 is 0. The SMILES string of the molecule is CC(C)(C)N(CCC(=O)O)C(=O)NC1CCCN(Cc2ccccc2)C1. The highest BCUT2D eigenvalue weighted by Gasteiger charge is 2.29. The summed E-state index contributed by atoms with van der Waals surface area (Å²) in [7, 11) is 0. The van der Waals surface area contributed by atoms with Crippen LogP contribution in [0.25, 0.3) is 0 Å². The summed E-state index contributed by atoms with van der Waals surface area (Å²) in [6.07, 6.45) is 1.95. The van der Waals surface area contributed by atoms with Crippen LogP contribution in [-0.4, -0.2) is 58.1 Å². The first-order valence-corrected chi connectivity index (χ1v) is 9.32. The monoisotopic (exact) mass is 361 g/mol. The lowest BCUT2D eigenvalue weighted by atomic mass is 10.0. The molecule has 2 amide bonds. The molecule has 6 nitrogen and oxygen atoms in total. The molecule has 0 bridgehead atoms. The van der Waals surface area contributed by atoms with E-state index >= 15 is 0 Å². The number of benzene rings is 1. The quantitative estimate of drug-likeness (QED) is 0.817. The van der Waals surface area contributed by atoms with Gasteiger partial charge in [0.15, 0.2) is 0 Å². The molecule has 2 N–H and O–H groups in total. The van der Waals surface area contributed by atoms with Crippen LogP contribution in [0.1, 0.15) is 45.6 Å². The molecule has 1 saturated heterocycles. The fraction of sp³-hybridized carbons (Fsp3) is 0.600. The van der Waals surface area contributed by atoms with Crippen LogP contribution in [0, 0.1) is 0 Å². The van der Waals surface area contributed by atoms with Gasteiger partial charge in [-0.1, -0.05) is 30.3 Å². The van der Waals surface area contributed by atoms with Gasteiger partial charge in [0.2, 0.25) is 0 Å². The molecule has 1 aromatic rings. The minimum atomic E-state index is -0.890. The second-order valence-electron chi connectivity index (χ2n) is 7.98. The molecule has 26 heavy (non-hydrogen) atoms. The highest BCUT2D eigenvalue weighted by molar-refractivity contribution is 5.76. The van der Waals surface area contributed by atoms with Crippen molar-refractivity contribution in [3.8, 4) is 0 Å². The molecule has 0 aliphatic carbocycles. The summed E-state index contributed by atoms with van der Waals surface area (Å²) in [5, 5.41) is 12.1. The predicted molar refractivity (Wildman–Crippen MR) is 102 cm³/mol. The lowest BCUT2D eigenvalue weighted by Crippen LogP contribution is -2.56. The Kier molecular flexibility index (Phi) is 7.03. The molecule has 1 aromatic carbocycles. The number of nitrogens with zero attached hydrogens (tertiary/aromatic N) is 2. The Bertz CT molecular complexity index is 598. The fourth-order valence-electron chi connectivity index (χ4n) is 3.36. The average molecular weight is 361 g/mol. The second-order valence-corrected chi connectivity index (χ2v) is 7.98. The van der Waals surface area contributed by atoms with Crippen molar-refractivity contribution in [3.05, 3.63) is 35.9 Å². The van der Waals surface area contributed by atoms with Gasteiger partial charge in [-0.2, -0.15) is 0 Å². The molecular weight excluding hydrogens is 330 g/mol. The number of carboxylic acid groups (broad SMARTS) is 1. The first-order valence-electron chi connectivity index (χ1n) is 9.32. The third-order valence-electron chi connectivity index (χ3n) is 4.69. The van der Waals surface area contributed by atoms with E-state index in [2.05, 4.69) is 22.3 Å². The molecule has 2 rings (SSSR count). The maximum absolute atomic E-state index is 12.7. The molecular formula is C20H31N3O3. The van der Waals surface area contributed by atoms with E-state index < -0.39 is 11.5 Å². The Hall–Kier alpha value is -2.08. The number of nitrogens with one attached hydrogen (secondary N) is 1. The smallest absolute Gasteiger partial charge is 0.318 e. The van der Waals surface area contributed by atoms with Crippen molar-refractivity contribution in [1.29, 1.82) is 0 Å². The molecule has 1 aliphatic heterocycles. The molecule has 1 fully saturated rings. The highest BCUT2D eigenvalue weighted by Crippen LogP contribution is 2.17. The van der Waals surface area contributed by atoms with Crippen molar-refractivity contribution in [2.24, 2.45) is 0 Å². The number of aliphatic carboxylic acids is 1. The van der Waals surface area contributed by atoms with E-state index in [9.17, 15) is 9.59 Å². The Balaban J connectivity index is 1.92. The van der Waals surface area contributed by atoms with Crippen molar-refractivity contribution in [3.63, 3.8) is 0 Å². The van der Waals surface area contributed by atoms with Gasteiger partial charge in [0.1, 0.15) is 0 Å². The van der Waals surface area contributed by atoms with Crippen LogP contribution >= 0.6 is 0 Å². The molecule has 1 heterocycles. The zero-order valence-corrected chi connectivity index (χ0v) is 16.1. The number of urea groups is 1. The van der Waals surface area contributed by atoms with Crippen molar-refractivity contribution in [1.82, 2.24) is 15.1 Å². The number of amides is 2. The van der Waals surface area contributed by atoms with E-state index in [4.69, 9.17) is 5.11 Å². The number of hydrogen-bond donors (Lipinski definition) is 2. The van der Waals surface area contributed by atoms with E-state index in [1.54, 1.807) is 4.90 Å². The minimum absolute atomic E-state index is 0.0461. The maximum Gasteiger partial charge on any atom is 0.318 e. The third-order valence-corrected chi connectivity index (χ3v) is 4.69. The first kappa shape index (κ1) is 20.2. The summed E-state index contributed by atoms with van der Waals surface area (Å²) in [4.78, 5) is 27.6. The highest BCUT2D eigenvalue weighted by atomic mass is 16.4. The number of carboxylic acids is 1. The Morgan fingerprint density at radius 2 is 1.96 bits per heavy atom. The van der Waals surface area contributed by atoms with E-state index in [0.29, 0.717) is 0 Å². The molecule has 1 unspecified atom stereocenters. The van der Waals surface area contributed by atoms with Gasteiger partial charge in [0.05, 0.1) is 6.42 Å². The van der Waals surface area contributed by atoms with E-state index in [0.717, 1.165) is 32.5 Å². The van der Waals surface area contributed by atoms with Crippen LogP contribution in [0.3, 0.4) is 0 Å². The summed E-state index contributed by atoms with van der Waals surface area (Å²) in [5.74, 6) is -0.890. The van der Waals surface area contributed by atoms with Crippen LogP contribution in [0.4, 0.5) is 4.79 Å². The predicted octanol–water partition coefficient (Wildman–Crippen LogP) is 2.94. The van der Waals surface area contributed by atoms with Gasteiger partial charge < -0.3 is 15.3 Å². The van der Waals surface area contributed by atoms with Crippen LogP contribution in [-0.2, 0) is 11.3 Å². The van der Waals surface area contributed by atoms with Crippen molar-refractivity contribution in [2.75, 3.05) is 19.6 Å². The number of piperidine rings is 1. The molecule has 1 aliphatic rings. The van der Waals surface area contributed by atoms with Gasteiger partial charge in [0, 0.05) is 31.2 Å². The normalized spacial score (nSPS) is 18.3. The fourth-order valence-corrected chi connectivity index (χ4v) is 3.36. The van der Waals surface area contributed by atoms with Gasteiger partial charge in [-0.15, -0.1) is 0 Å². The topological polar surface area (TPSA) is 72.9 Å². The Morgan fingerprint density at radius 1 is 1.27 bits per heavy atom. The van der Waals surface area contributed by atoms with E-state index in [1.165, 1.54) is 5.56 Å². The summed E-state index contributed by atoms with van der Waals surface area (Å²) in [6.45, 7) is 8.73. The largest absolute Gasteiger partial charge is 0.481 e. The van der Waals surface area contributed by atoms with Crippen molar-refractivity contribution < 1.29 is 14.7 Å². The Morgan fingerprint density at radius 3 is 2.58 bits per heavy atom. The van der Waals surface area contributed by atoms with Gasteiger partial charge in [-0.25, -0.2) is 4.79 Å². The summed E-state index contributed by atoms with van der Waals surface area (Å²) >= 11 is 0. The lowest BCUT2D eigenvalue weighted by molar-refractivity contribution is -0.137. The Labute approximate surface area is 156 Å². The molecule has 0 radical (unpaired) electrons. The van der Waals surface area contributed by atoms with Gasteiger partial charge in [0.25, 0.3) is 0 Å². The summed E-state index contributed by atoms with van der Waals surface area (Å²) in [5.41, 5.74) is 0.857. The molecule has 1 atom stereocenters. The van der Waals surface area contributed by atoms with Crippen LogP contribution in [0.15, 0.2) is 30.3 Å². The van der Waals surface area contributed by atoms with Gasteiger partial charge in [-0.3, -0.25) is 9.69 Å². The van der Waals surface area contributed by atoms with Crippen molar-refractivity contribution >= 4 is 12.0 Å². The molecule has 0 spiro atoms. The second kappa shape index (κ2) is 9.03. The average Bonchev–Trinajstić information content (AvgIpc) is 2.54. The molecule has 144 valence electrons. The zero-order valence-electron chi connectivity index (χ0n) is 16.1. The lowest BCUT2D eigenvalue weighted by Gasteiger charge is -2.38. The number of rotatable bonds is 6. The third kappa shape index (κ3) is 6.33. The van der Waals surface area contributed by atoms with Crippen LogP contribution in [0.5, 0.6) is 0 Å². The number of hydrogen-bond acceptors (Lipinski definition) is 3. The van der Waals surface area contributed by atoms with E-state index in [-0.39, 0.29) is 25.0 Å². The molecule has 6 heteroatoms. The number of carbonyl (C=O) groups is 2. The maximum atomic E-state index is 12.7. The van der Waals surface area contributed by atoms with Crippen LogP contribution in [0.2, 0.25) is 0 Å². The minimum Gasteiger partial charge on any atom is -0.481 e. The van der Waals surface area contributed by atoms with Crippen molar-refractivity contribution in [2.45, 2.75) is 58.2 Å². The molecule has 0 saturated carbocycles. The van der Waals surface area contributed by atoms with Crippen LogP contribution < -0.4 is 5.32 Å². The standard InChI is InChI=1S/C20H31N3O3/c1-20(2,3)23(13-11-18(24)25)19(26)21-17-10-7-12-22(15-17)14-16-8-5-4-6-9-16/h4-6,8-9,17H,7,10-15H2,1-3H3,(H,21,26)(H,24,25). The molecule has 0 aromatic heterocycles. The van der Waals surface area contributed by atoms with Gasteiger partial charge in [-0.05, 0) is 45.7 Å². The number of likely N-dealkylation sites (tertiary alicyclic amines) is 1. The first-order chi connectivity index (χ1) is 12.3. The summed E-state index contributed by atoms with van der Waals surface area (Å²) in [6, 6.07) is 10.3. The number of carbonyl (C=O) groups excluding carboxylic acids is 1. The zero-order chi connectivity index (χ0) is 19.2. The van der Waals surface area contributed by atoms with E-state index in [1.807, 2.05) is 39.0 Å². The van der Waals surface area contributed by atoms with Gasteiger partial charge >= 0.3 is 12.0 Å².